The van der Waals surface area contributed by atoms with Gasteiger partial charge in [-0.1, -0.05) is 26.0 Å². The molecule has 0 saturated heterocycles. The Kier molecular flexibility index (Phi) is 5.34. The second-order valence-electron chi connectivity index (χ2n) is 5.02. The second-order valence-corrected chi connectivity index (χ2v) is 5.02. The van der Waals surface area contributed by atoms with Gasteiger partial charge in [-0.05, 0) is 39.2 Å². The maximum Gasteiger partial charge on any atom is 0.244 e. The summed E-state index contributed by atoms with van der Waals surface area (Å²) in [7, 11) is 0. The van der Waals surface area contributed by atoms with Crippen LogP contribution in [0.4, 0.5) is 0 Å². The fourth-order valence-electron chi connectivity index (χ4n) is 1.21. The first kappa shape index (κ1) is 13.9. The SMILES string of the molecule is C/C=C(/C=C/C(=O)NC(C)(C)C)C(C)C. The van der Waals surface area contributed by atoms with Gasteiger partial charge in [0, 0.05) is 11.6 Å². The van der Waals surface area contributed by atoms with E-state index >= 15 is 0 Å². The van der Waals surface area contributed by atoms with E-state index in [9.17, 15) is 4.79 Å². The van der Waals surface area contributed by atoms with Crippen molar-refractivity contribution >= 4 is 5.91 Å². The van der Waals surface area contributed by atoms with E-state index < -0.39 is 0 Å². The van der Waals surface area contributed by atoms with Gasteiger partial charge in [-0.3, -0.25) is 4.79 Å². The lowest BCUT2D eigenvalue weighted by Crippen LogP contribution is -2.39. The molecule has 0 aromatic carbocycles. The highest BCUT2D eigenvalue weighted by Gasteiger charge is 2.11. The summed E-state index contributed by atoms with van der Waals surface area (Å²) in [6.07, 6.45) is 5.51. The standard InChI is InChI=1S/C13H23NO/c1-7-11(10(2)3)8-9-12(15)14-13(4,5)6/h7-10H,1-6H3,(H,14,15)/b9-8+,11-7-. The van der Waals surface area contributed by atoms with Crippen LogP contribution in [-0.4, -0.2) is 11.4 Å². The Bertz CT molecular complexity index is 267. The van der Waals surface area contributed by atoms with E-state index in [1.165, 1.54) is 5.57 Å². The molecule has 1 amide bonds. The maximum atomic E-state index is 11.5. The third kappa shape index (κ3) is 6.95. The maximum absolute atomic E-state index is 11.5. The van der Waals surface area contributed by atoms with Crippen LogP contribution >= 0.6 is 0 Å². The van der Waals surface area contributed by atoms with Gasteiger partial charge in [-0.15, -0.1) is 0 Å². The third-order valence-electron chi connectivity index (χ3n) is 1.93. The zero-order valence-electron chi connectivity index (χ0n) is 10.7. The van der Waals surface area contributed by atoms with Crippen LogP contribution < -0.4 is 5.32 Å². The molecule has 0 radical (unpaired) electrons. The lowest BCUT2D eigenvalue weighted by Gasteiger charge is -2.19. The number of carbonyl (C=O) groups excluding carboxylic acids is 1. The highest BCUT2D eigenvalue weighted by Crippen LogP contribution is 2.10. The van der Waals surface area contributed by atoms with E-state index in [0.29, 0.717) is 5.92 Å². The normalized spacial score (nSPS) is 13.7. The Morgan fingerprint density at radius 1 is 1.20 bits per heavy atom. The molecule has 0 heterocycles. The highest BCUT2D eigenvalue weighted by atomic mass is 16.1. The topological polar surface area (TPSA) is 29.1 Å². The molecule has 0 fully saturated rings. The van der Waals surface area contributed by atoms with Crippen LogP contribution in [0.1, 0.15) is 41.5 Å². The smallest absolute Gasteiger partial charge is 0.244 e. The van der Waals surface area contributed by atoms with Gasteiger partial charge in [-0.25, -0.2) is 0 Å². The van der Waals surface area contributed by atoms with Gasteiger partial charge in [0.1, 0.15) is 0 Å². The predicted molar refractivity (Wildman–Crippen MR) is 65.6 cm³/mol. The third-order valence-corrected chi connectivity index (χ3v) is 1.93. The molecule has 0 spiro atoms. The first-order valence-electron chi connectivity index (χ1n) is 5.42. The zero-order chi connectivity index (χ0) is 12.1. The number of hydrogen-bond acceptors (Lipinski definition) is 1. The molecule has 2 nitrogen and oxygen atoms in total. The molecule has 0 unspecified atom stereocenters. The lowest BCUT2D eigenvalue weighted by molar-refractivity contribution is -0.117. The van der Waals surface area contributed by atoms with Gasteiger partial charge < -0.3 is 5.32 Å². The van der Waals surface area contributed by atoms with E-state index in [4.69, 9.17) is 0 Å². The molecule has 0 aliphatic carbocycles. The minimum Gasteiger partial charge on any atom is -0.348 e. The van der Waals surface area contributed by atoms with Crippen LogP contribution in [0.15, 0.2) is 23.8 Å². The molecule has 2 heteroatoms. The summed E-state index contributed by atoms with van der Waals surface area (Å²) in [5.41, 5.74) is 1.01. The van der Waals surface area contributed by atoms with Crippen LogP contribution in [0.25, 0.3) is 0 Å². The predicted octanol–water partition coefficient (Wildman–Crippen LogP) is 3.06. The van der Waals surface area contributed by atoms with Crippen molar-refractivity contribution in [3.63, 3.8) is 0 Å². The summed E-state index contributed by atoms with van der Waals surface area (Å²) in [6, 6.07) is 0. The largest absolute Gasteiger partial charge is 0.348 e. The van der Waals surface area contributed by atoms with Crippen molar-refractivity contribution in [3.8, 4) is 0 Å². The molecule has 0 aromatic heterocycles. The second kappa shape index (κ2) is 5.74. The van der Waals surface area contributed by atoms with E-state index in [1.807, 2.05) is 39.8 Å². The zero-order valence-corrected chi connectivity index (χ0v) is 10.7. The van der Waals surface area contributed by atoms with Crippen molar-refractivity contribution in [3.05, 3.63) is 23.8 Å². The first-order chi connectivity index (χ1) is 6.76. The number of rotatable bonds is 3. The molecule has 0 bridgehead atoms. The Labute approximate surface area is 93.5 Å². The van der Waals surface area contributed by atoms with E-state index in [0.717, 1.165) is 0 Å². The molecule has 0 saturated carbocycles. The van der Waals surface area contributed by atoms with E-state index in [2.05, 4.69) is 19.2 Å². The molecule has 0 aromatic rings. The van der Waals surface area contributed by atoms with Crippen molar-refractivity contribution in [2.45, 2.75) is 47.1 Å². The van der Waals surface area contributed by atoms with Crippen LogP contribution in [0, 0.1) is 5.92 Å². The summed E-state index contributed by atoms with van der Waals surface area (Å²) in [5, 5.41) is 2.88. The monoisotopic (exact) mass is 209 g/mol. The Hall–Kier alpha value is -1.05. The summed E-state index contributed by atoms with van der Waals surface area (Å²) in [5.74, 6) is 0.413. The molecule has 86 valence electrons. The molecule has 0 atom stereocenters. The van der Waals surface area contributed by atoms with Gasteiger partial charge in [0.25, 0.3) is 0 Å². The minimum atomic E-state index is -0.171. The first-order valence-corrected chi connectivity index (χ1v) is 5.42. The quantitative estimate of drug-likeness (QED) is 0.561. The van der Waals surface area contributed by atoms with Gasteiger partial charge in [-0.2, -0.15) is 0 Å². The molecule has 0 rings (SSSR count). The average Bonchev–Trinajstić information content (AvgIpc) is 2.01. The number of nitrogens with one attached hydrogen (secondary N) is 1. The van der Waals surface area contributed by atoms with Gasteiger partial charge in [0.15, 0.2) is 0 Å². The van der Waals surface area contributed by atoms with E-state index in [-0.39, 0.29) is 11.4 Å². The fraction of sp³-hybridized carbons (Fsp3) is 0.615. The number of amides is 1. The number of hydrogen-bond donors (Lipinski definition) is 1. The van der Waals surface area contributed by atoms with Crippen molar-refractivity contribution in [1.82, 2.24) is 5.32 Å². The van der Waals surface area contributed by atoms with Crippen LogP contribution in [0.2, 0.25) is 0 Å². The van der Waals surface area contributed by atoms with Crippen molar-refractivity contribution < 1.29 is 4.79 Å². The molecule has 15 heavy (non-hydrogen) atoms. The summed E-state index contributed by atoms with van der Waals surface area (Å²) in [6.45, 7) is 12.1. The lowest BCUT2D eigenvalue weighted by atomic mass is 10.0. The summed E-state index contributed by atoms with van der Waals surface area (Å²) < 4.78 is 0. The Balaban J connectivity index is 4.35. The van der Waals surface area contributed by atoms with Crippen molar-refractivity contribution in [1.29, 1.82) is 0 Å². The summed E-state index contributed by atoms with van der Waals surface area (Å²) in [4.78, 5) is 11.5. The van der Waals surface area contributed by atoms with Gasteiger partial charge >= 0.3 is 0 Å². The number of carbonyl (C=O) groups is 1. The van der Waals surface area contributed by atoms with Crippen molar-refractivity contribution in [2.24, 2.45) is 5.92 Å². The molecular formula is C13H23NO. The van der Waals surface area contributed by atoms with Crippen LogP contribution in [0.5, 0.6) is 0 Å². The highest BCUT2D eigenvalue weighted by molar-refractivity contribution is 5.88. The van der Waals surface area contributed by atoms with Gasteiger partial charge in [0.05, 0.1) is 0 Å². The molecular weight excluding hydrogens is 186 g/mol. The average molecular weight is 209 g/mol. The molecule has 1 N–H and O–H groups in total. The molecule has 0 aliphatic heterocycles. The van der Waals surface area contributed by atoms with E-state index in [1.54, 1.807) is 6.08 Å². The Morgan fingerprint density at radius 3 is 2.07 bits per heavy atom. The van der Waals surface area contributed by atoms with Crippen LogP contribution in [0.3, 0.4) is 0 Å². The Morgan fingerprint density at radius 2 is 1.73 bits per heavy atom. The van der Waals surface area contributed by atoms with Gasteiger partial charge in [0.2, 0.25) is 5.91 Å². The molecule has 0 aliphatic rings. The fourth-order valence-corrected chi connectivity index (χ4v) is 1.21. The summed E-state index contributed by atoms with van der Waals surface area (Å²) >= 11 is 0. The minimum absolute atomic E-state index is 0.0394. The number of allylic oxidation sites excluding steroid dienone is 3. The van der Waals surface area contributed by atoms with Crippen molar-refractivity contribution in [2.75, 3.05) is 0 Å². The van der Waals surface area contributed by atoms with Crippen LogP contribution in [-0.2, 0) is 4.79 Å².